The molecular formula is C17H20N4O2S. The van der Waals surface area contributed by atoms with Crippen LogP contribution in [0, 0.1) is 6.92 Å². The topological polar surface area (TPSA) is 76.9 Å². The molecule has 0 amide bonds. The molecule has 7 heteroatoms. The average molecular weight is 344 g/mol. The smallest absolute Gasteiger partial charge is 0.233 e. The predicted molar refractivity (Wildman–Crippen MR) is 95.9 cm³/mol. The minimum atomic E-state index is -3.40. The largest absolute Gasteiger partial charge is 0.267 e. The van der Waals surface area contributed by atoms with Crippen molar-refractivity contribution in [3.05, 3.63) is 48.2 Å². The summed E-state index contributed by atoms with van der Waals surface area (Å²) < 4.78 is 28.5. The number of benzene rings is 1. The van der Waals surface area contributed by atoms with E-state index in [1.807, 2.05) is 50.2 Å². The van der Waals surface area contributed by atoms with Crippen LogP contribution >= 0.6 is 0 Å². The van der Waals surface area contributed by atoms with Crippen LogP contribution in [0.4, 0.5) is 5.82 Å². The van der Waals surface area contributed by atoms with Crippen LogP contribution in [0.5, 0.6) is 0 Å². The van der Waals surface area contributed by atoms with Crippen LogP contribution in [0.15, 0.2) is 42.5 Å². The maximum absolute atomic E-state index is 12.2. The summed E-state index contributed by atoms with van der Waals surface area (Å²) in [5.74, 6) is 1.08. The molecule has 1 N–H and O–H groups in total. The summed E-state index contributed by atoms with van der Waals surface area (Å²) in [6.07, 6.45) is 1.45. The number of rotatable bonds is 6. The van der Waals surface area contributed by atoms with Crippen molar-refractivity contribution in [1.82, 2.24) is 14.8 Å². The van der Waals surface area contributed by atoms with E-state index in [1.165, 1.54) is 4.68 Å². The van der Waals surface area contributed by atoms with Gasteiger partial charge in [-0.2, -0.15) is 9.78 Å². The summed E-state index contributed by atoms with van der Waals surface area (Å²) in [4.78, 5) is 4.58. The van der Waals surface area contributed by atoms with Crippen molar-refractivity contribution >= 4 is 26.7 Å². The highest BCUT2D eigenvalue weighted by molar-refractivity contribution is 7.92. The Morgan fingerprint density at radius 2 is 1.96 bits per heavy atom. The Labute approximate surface area is 141 Å². The number of sulfonamides is 1. The van der Waals surface area contributed by atoms with Crippen LogP contribution < -0.4 is 4.72 Å². The van der Waals surface area contributed by atoms with Crippen LogP contribution in [0.25, 0.3) is 16.7 Å². The number of hydrogen-bond acceptors (Lipinski definition) is 4. The Hall–Kier alpha value is -2.41. The zero-order chi connectivity index (χ0) is 17.2. The summed E-state index contributed by atoms with van der Waals surface area (Å²) in [6, 6.07) is 13.3. The molecule has 0 spiro atoms. The van der Waals surface area contributed by atoms with Crippen LogP contribution in [-0.4, -0.2) is 28.9 Å². The van der Waals surface area contributed by atoms with E-state index in [1.54, 1.807) is 6.07 Å². The molecule has 24 heavy (non-hydrogen) atoms. The van der Waals surface area contributed by atoms with Gasteiger partial charge in [0.05, 0.1) is 17.0 Å². The van der Waals surface area contributed by atoms with Crippen molar-refractivity contribution in [2.24, 2.45) is 0 Å². The Kier molecular flexibility index (Phi) is 4.53. The molecule has 0 aliphatic rings. The first-order chi connectivity index (χ1) is 11.5. The molecule has 2 aromatic heterocycles. The van der Waals surface area contributed by atoms with Crippen LogP contribution in [0.2, 0.25) is 0 Å². The molecule has 0 bridgehead atoms. The second kappa shape index (κ2) is 6.60. The van der Waals surface area contributed by atoms with E-state index < -0.39 is 10.0 Å². The van der Waals surface area contributed by atoms with E-state index in [-0.39, 0.29) is 5.75 Å². The highest BCUT2D eigenvalue weighted by Crippen LogP contribution is 2.20. The number of fused-ring (bicyclic) bond motifs is 1. The maximum Gasteiger partial charge on any atom is 0.233 e. The normalized spacial score (nSPS) is 11.8. The van der Waals surface area contributed by atoms with Gasteiger partial charge in [0.15, 0.2) is 5.82 Å². The first-order valence-corrected chi connectivity index (χ1v) is 9.57. The van der Waals surface area contributed by atoms with Crippen molar-refractivity contribution in [3.8, 4) is 5.82 Å². The third-order valence-corrected chi connectivity index (χ3v) is 5.01. The fraction of sp³-hybridized carbons (Fsp3) is 0.294. The number of pyridine rings is 1. The number of nitrogens with one attached hydrogen (secondary N) is 1. The average Bonchev–Trinajstić information content (AvgIpc) is 2.92. The third kappa shape index (κ3) is 3.56. The van der Waals surface area contributed by atoms with Gasteiger partial charge in [0, 0.05) is 11.5 Å². The lowest BCUT2D eigenvalue weighted by atomic mass is 10.2. The summed E-state index contributed by atoms with van der Waals surface area (Å²) in [5, 5.41) is 5.40. The Morgan fingerprint density at radius 3 is 2.75 bits per heavy atom. The van der Waals surface area contributed by atoms with Crippen LogP contribution in [-0.2, 0) is 10.0 Å². The zero-order valence-electron chi connectivity index (χ0n) is 13.7. The lowest BCUT2D eigenvalue weighted by molar-refractivity contribution is 0.597. The number of nitrogens with zero attached hydrogens (tertiary/aromatic N) is 3. The molecule has 3 rings (SSSR count). The SMILES string of the molecule is CCCCS(=O)(=O)Nc1cc(C)nn1-c1ccc2ccccc2n1. The minimum absolute atomic E-state index is 0.0961. The van der Waals surface area contributed by atoms with Gasteiger partial charge < -0.3 is 0 Å². The molecule has 0 saturated heterocycles. The summed E-state index contributed by atoms with van der Waals surface area (Å²) >= 11 is 0. The Bertz CT molecular complexity index is 964. The molecular weight excluding hydrogens is 324 g/mol. The van der Waals surface area contributed by atoms with Crippen molar-refractivity contribution in [3.63, 3.8) is 0 Å². The predicted octanol–water partition coefficient (Wildman–Crippen LogP) is 3.27. The molecule has 2 heterocycles. The molecule has 6 nitrogen and oxygen atoms in total. The van der Waals surface area contributed by atoms with Gasteiger partial charge in [-0.1, -0.05) is 31.5 Å². The quantitative estimate of drug-likeness (QED) is 0.744. The molecule has 0 aliphatic heterocycles. The van der Waals surface area contributed by atoms with E-state index in [0.29, 0.717) is 18.1 Å². The highest BCUT2D eigenvalue weighted by Gasteiger charge is 2.16. The minimum Gasteiger partial charge on any atom is -0.267 e. The van der Waals surface area contributed by atoms with Gasteiger partial charge in [0.25, 0.3) is 0 Å². The molecule has 3 aromatic rings. The van der Waals surface area contributed by atoms with Crippen molar-refractivity contribution in [2.45, 2.75) is 26.7 Å². The van der Waals surface area contributed by atoms with Gasteiger partial charge in [-0.3, -0.25) is 4.72 Å². The maximum atomic E-state index is 12.2. The molecule has 126 valence electrons. The van der Waals surface area contributed by atoms with Gasteiger partial charge in [-0.05, 0) is 31.5 Å². The molecule has 0 aliphatic carbocycles. The number of anilines is 1. The van der Waals surface area contributed by atoms with Crippen LogP contribution in [0.3, 0.4) is 0 Å². The molecule has 0 saturated carbocycles. The summed E-state index contributed by atoms with van der Waals surface area (Å²) in [6.45, 7) is 3.78. The number of aromatic nitrogens is 3. The van der Waals surface area contributed by atoms with Gasteiger partial charge in [0.1, 0.15) is 5.82 Å². The molecule has 0 radical (unpaired) electrons. The van der Waals surface area contributed by atoms with Crippen molar-refractivity contribution < 1.29 is 8.42 Å². The Balaban J connectivity index is 1.98. The first-order valence-electron chi connectivity index (χ1n) is 7.92. The standard InChI is InChI=1S/C17H20N4O2S/c1-3-4-11-24(22,23)20-17-12-13(2)19-21(17)16-10-9-14-7-5-6-8-15(14)18-16/h5-10,12,20H,3-4,11H2,1-2H3. The second-order valence-electron chi connectivity index (χ2n) is 5.72. The van der Waals surface area contributed by atoms with Gasteiger partial charge >= 0.3 is 0 Å². The highest BCUT2D eigenvalue weighted by atomic mass is 32.2. The lowest BCUT2D eigenvalue weighted by Gasteiger charge is -2.10. The number of aryl methyl sites for hydroxylation is 1. The monoisotopic (exact) mass is 344 g/mol. The van der Waals surface area contributed by atoms with Gasteiger partial charge in [0.2, 0.25) is 10.0 Å². The van der Waals surface area contributed by atoms with E-state index in [2.05, 4.69) is 14.8 Å². The molecule has 1 aromatic carbocycles. The lowest BCUT2D eigenvalue weighted by Crippen LogP contribution is -2.19. The summed E-state index contributed by atoms with van der Waals surface area (Å²) in [5.41, 5.74) is 1.56. The molecule has 0 unspecified atom stereocenters. The fourth-order valence-corrected chi connectivity index (χ4v) is 3.70. The van der Waals surface area contributed by atoms with Crippen molar-refractivity contribution in [1.29, 1.82) is 0 Å². The second-order valence-corrected chi connectivity index (χ2v) is 7.56. The zero-order valence-corrected chi connectivity index (χ0v) is 14.5. The van der Waals surface area contributed by atoms with Gasteiger partial charge in [-0.25, -0.2) is 13.4 Å². The van der Waals surface area contributed by atoms with E-state index >= 15 is 0 Å². The third-order valence-electron chi connectivity index (χ3n) is 3.66. The number of para-hydroxylation sites is 1. The molecule has 0 atom stereocenters. The van der Waals surface area contributed by atoms with E-state index in [9.17, 15) is 8.42 Å². The number of hydrogen-bond donors (Lipinski definition) is 1. The van der Waals surface area contributed by atoms with Crippen molar-refractivity contribution in [2.75, 3.05) is 10.5 Å². The van der Waals surface area contributed by atoms with Crippen LogP contribution in [0.1, 0.15) is 25.5 Å². The fourth-order valence-electron chi connectivity index (χ4n) is 2.46. The first kappa shape index (κ1) is 16.4. The summed E-state index contributed by atoms with van der Waals surface area (Å²) in [7, 11) is -3.40. The van der Waals surface area contributed by atoms with Gasteiger partial charge in [-0.15, -0.1) is 0 Å². The number of unbranched alkanes of at least 4 members (excludes halogenated alkanes) is 1. The molecule has 0 fully saturated rings. The Morgan fingerprint density at radius 1 is 1.17 bits per heavy atom. The van der Waals surface area contributed by atoms with E-state index in [0.717, 1.165) is 23.0 Å². The van der Waals surface area contributed by atoms with E-state index in [4.69, 9.17) is 0 Å².